The van der Waals surface area contributed by atoms with Gasteiger partial charge in [0.2, 0.25) is 6.41 Å². The highest BCUT2D eigenvalue weighted by atomic mass is 35.5. The third-order valence-corrected chi connectivity index (χ3v) is 8.07. The van der Waals surface area contributed by atoms with Crippen LogP contribution in [0.3, 0.4) is 0 Å². The fraction of sp³-hybridized carbons (Fsp3) is 0.435. The fourth-order valence-corrected chi connectivity index (χ4v) is 6.29. The van der Waals surface area contributed by atoms with Crippen LogP contribution in [0.25, 0.3) is 10.2 Å². The van der Waals surface area contributed by atoms with Crippen LogP contribution in [-0.2, 0) is 24.2 Å². The number of carbonyl (C=O) groups is 1. The molecule has 6 nitrogen and oxygen atoms in total. The van der Waals surface area contributed by atoms with E-state index < -0.39 is 0 Å². The number of carbonyl (C=O) groups excluding carboxylic acids is 1. The van der Waals surface area contributed by atoms with Gasteiger partial charge in [-0.05, 0) is 42.9 Å². The molecule has 2 aromatic heterocycles. The third-order valence-electron chi connectivity index (χ3n) is 6.54. The minimum absolute atomic E-state index is 0.0252. The molecule has 0 N–H and O–H groups in total. The Balaban J connectivity index is 1.41. The maximum Gasteiger partial charge on any atom is 0.262 e. The van der Waals surface area contributed by atoms with Crippen LogP contribution in [-0.4, -0.2) is 58.0 Å². The topological polar surface area (TPSA) is 58.4 Å². The minimum atomic E-state index is 0.0252. The molecule has 162 valence electrons. The molecule has 1 fully saturated rings. The molecule has 0 spiro atoms. The summed E-state index contributed by atoms with van der Waals surface area (Å²) in [7, 11) is 0. The molecule has 1 amide bonds. The van der Waals surface area contributed by atoms with Crippen molar-refractivity contribution in [3.63, 3.8) is 0 Å². The van der Waals surface area contributed by atoms with Crippen LogP contribution in [0.1, 0.15) is 28.8 Å². The van der Waals surface area contributed by atoms with Gasteiger partial charge in [-0.2, -0.15) is 0 Å². The summed E-state index contributed by atoms with van der Waals surface area (Å²) < 4.78 is 1.67. The molecule has 0 bridgehead atoms. The Bertz CT molecular complexity index is 1170. The summed E-state index contributed by atoms with van der Waals surface area (Å²) in [6, 6.07) is 8.08. The molecule has 3 heterocycles. The predicted octanol–water partition coefficient (Wildman–Crippen LogP) is 3.18. The molecule has 1 atom stereocenters. The van der Waals surface area contributed by atoms with E-state index in [-0.39, 0.29) is 5.56 Å². The van der Waals surface area contributed by atoms with Crippen LogP contribution in [0.4, 0.5) is 0 Å². The number of benzene rings is 1. The Morgan fingerprint density at radius 3 is 2.90 bits per heavy atom. The number of hydrogen-bond donors (Lipinski definition) is 0. The standard InChI is InChI=1S/C23H25ClN4O2S/c24-19-5-2-1-4-16(19)13-28-14-25-22-21(23(28)30)18-7-6-17(12-20(18)31-22)27-9-3-8-26(15-29)10-11-27/h1-2,4-5,14-15,17H,3,6-13H2. The van der Waals surface area contributed by atoms with Crippen LogP contribution >= 0.6 is 22.9 Å². The first-order chi connectivity index (χ1) is 15.1. The smallest absolute Gasteiger partial charge is 0.262 e. The van der Waals surface area contributed by atoms with Crippen molar-refractivity contribution < 1.29 is 4.79 Å². The molecule has 0 radical (unpaired) electrons. The van der Waals surface area contributed by atoms with Crippen molar-refractivity contribution in [2.24, 2.45) is 0 Å². The van der Waals surface area contributed by atoms with Crippen molar-refractivity contribution in [3.05, 3.63) is 62.0 Å². The van der Waals surface area contributed by atoms with Gasteiger partial charge in [0.05, 0.1) is 18.3 Å². The lowest BCUT2D eigenvalue weighted by molar-refractivity contribution is -0.118. The first-order valence-corrected chi connectivity index (χ1v) is 12.0. The summed E-state index contributed by atoms with van der Waals surface area (Å²) in [6.45, 7) is 4.02. The highest BCUT2D eigenvalue weighted by molar-refractivity contribution is 7.18. The number of fused-ring (bicyclic) bond motifs is 3. The van der Waals surface area contributed by atoms with Gasteiger partial charge < -0.3 is 4.90 Å². The second-order valence-corrected chi connectivity index (χ2v) is 9.87. The molecular formula is C23H25ClN4O2S. The molecule has 1 saturated heterocycles. The number of halogens is 1. The van der Waals surface area contributed by atoms with Crippen molar-refractivity contribution in [3.8, 4) is 0 Å². The van der Waals surface area contributed by atoms with Gasteiger partial charge in [0.15, 0.2) is 0 Å². The number of thiophene rings is 1. The number of nitrogens with zero attached hydrogens (tertiary/aromatic N) is 4. The minimum Gasteiger partial charge on any atom is -0.344 e. The number of rotatable bonds is 4. The number of aryl methyl sites for hydroxylation is 1. The van der Waals surface area contributed by atoms with Crippen molar-refractivity contribution in [1.82, 2.24) is 19.4 Å². The SMILES string of the molecule is O=CN1CCCN(C2CCc3c(sc4ncn(Cc5ccccc5Cl)c(=O)c34)C2)CC1. The van der Waals surface area contributed by atoms with E-state index in [1.165, 1.54) is 10.4 Å². The van der Waals surface area contributed by atoms with E-state index in [2.05, 4.69) is 9.88 Å². The Morgan fingerprint density at radius 1 is 1.19 bits per heavy atom. The molecule has 2 aliphatic rings. The van der Waals surface area contributed by atoms with Gasteiger partial charge in [0.1, 0.15) is 4.83 Å². The zero-order valence-electron chi connectivity index (χ0n) is 17.3. The van der Waals surface area contributed by atoms with Gasteiger partial charge in [-0.15, -0.1) is 11.3 Å². The summed E-state index contributed by atoms with van der Waals surface area (Å²) >= 11 is 7.96. The second kappa shape index (κ2) is 8.73. The summed E-state index contributed by atoms with van der Waals surface area (Å²) in [5.74, 6) is 0. The zero-order valence-corrected chi connectivity index (χ0v) is 18.9. The van der Waals surface area contributed by atoms with Gasteiger partial charge in [-0.3, -0.25) is 19.1 Å². The largest absolute Gasteiger partial charge is 0.344 e. The van der Waals surface area contributed by atoms with Crippen LogP contribution in [0.2, 0.25) is 5.02 Å². The van der Waals surface area contributed by atoms with E-state index in [1.807, 2.05) is 29.2 Å². The Hall–Kier alpha value is -2.22. The van der Waals surface area contributed by atoms with Crippen LogP contribution in [0.5, 0.6) is 0 Å². The Kier molecular flexibility index (Phi) is 5.82. The molecule has 1 aliphatic heterocycles. The average Bonchev–Trinajstić information content (AvgIpc) is 2.98. The van der Waals surface area contributed by atoms with Crippen molar-refractivity contribution in [2.45, 2.75) is 38.3 Å². The average molecular weight is 457 g/mol. The fourth-order valence-electron chi connectivity index (χ4n) is 4.85. The molecule has 1 aromatic carbocycles. The molecule has 5 rings (SSSR count). The molecule has 8 heteroatoms. The van der Waals surface area contributed by atoms with E-state index >= 15 is 0 Å². The summed E-state index contributed by atoms with van der Waals surface area (Å²) in [5.41, 5.74) is 2.13. The molecule has 1 unspecified atom stereocenters. The van der Waals surface area contributed by atoms with Crippen molar-refractivity contribution in [1.29, 1.82) is 0 Å². The summed E-state index contributed by atoms with van der Waals surface area (Å²) in [6.07, 6.45) is 6.54. The van der Waals surface area contributed by atoms with Crippen LogP contribution in [0.15, 0.2) is 35.4 Å². The van der Waals surface area contributed by atoms with E-state index in [9.17, 15) is 9.59 Å². The van der Waals surface area contributed by atoms with Crippen LogP contribution < -0.4 is 5.56 Å². The number of hydrogen-bond acceptors (Lipinski definition) is 5. The van der Waals surface area contributed by atoms with Gasteiger partial charge in [0.25, 0.3) is 5.56 Å². The normalized spacial score (nSPS) is 19.9. The first-order valence-electron chi connectivity index (χ1n) is 10.8. The highest BCUT2D eigenvalue weighted by Gasteiger charge is 2.29. The monoisotopic (exact) mass is 456 g/mol. The van der Waals surface area contributed by atoms with E-state index in [0.717, 1.165) is 74.1 Å². The maximum absolute atomic E-state index is 13.3. The maximum atomic E-state index is 13.3. The van der Waals surface area contributed by atoms with Crippen molar-refractivity contribution in [2.75, 3.05) is 26.2 Å². The highest BCUT2D eigenvalue weighted by Crippen LogP contribution is 2.35. The zero-order chi connectivity index (χ0) is 21.4. The predicted molar refractivity (Wildman–Crippen MR) is 124 cm³/mol. The summed E-state index contributed by atoms with van der Waals surface area (Å²) in [4.78, 5) is 35.6. The molecular weight excluding hydrogens is 432 g/mol. The van der Waals surface area contributed by atoms with E-state index in [1.54, 1.807) is 22.2 Å². The van der Waals surface area contributed by atoms with Gasteiger partial charge >= 0.3 is 0 Å². The van der Waals surface area contributed by atoms with Crippen molar-refractivity contribution >= 4 is 39.6 Å². The molecule has 1 aliphatic carbocycles. The Morgan fingerprint density at radius 2 is 2.06 bits per heavy atom. The molecule has 3 aromatic rings. The van der Waals surface area contributed by atoms with Gasteiger partial charge in [0, 0.05) is 42.1 Å². The lowest BCUT2D eigenvalue weighted by Gasteiger charge is -2.33. The first kappa shape index (κ1) is 20.7. The van der Waals surface area contributed by atoms with Crippen LogP contribution in [0, 0.1) is 0 Å². The second-order valence-electron chi connectivity index (χ2n) is 8.38. The quantitative estimate of drug-likeness (QED) is 0.566. The molecule has 0 saturated carbocycles. The number of aromatic nitrogens is 2. The van der Waals surface area contributed by atoms with E-state index in [0.29, 0.717) is 17.6 Å². The van der Waals surface area contributed by atoms with E-state index in [4.69, 9.17) is 11.6 Å². The lowest BCUT2D eigenvalue weighted by Crippen LogP contribution is -2.41. The van der Waals surface area contributed by atoms with Gasteiger partial charge in [-0.1, -0.05) is 29.8 Å². The number of amides is 1. The molecule has 31 heavy (non-hydrogen) atoms. The van der Waals surface area contributed by atoms with Gasteiger partial charge in [-0.25, -0.2) is 4.98 Å². The lowest BCUT2D eigenvalue weighted by atomic mass is 9.92. The third kappa shape index (κ3) is 4.02. The Labute approximate surface area is 190 Å². The summed E-state index contributed by atoms with van der Waals surface area (Å²) in [5, 5.41) is 1.45.